The lowest BCUT2D eigenvalue weighted by Gasteiger charge is -2.06. The predicted molar refractivity (Wildman–Crippen MR) is 121 cm³/mol. The Kier molecular flexibility index (Phi) is 6.35. The Morgan fingerprint density at radius 3 is 2.47 bits per heavy atom. The van der Waals surface area contributed by atoms with Crippen LogP contribution in [0.3, 0.4) is 0 Å². The number of halogens is 4. The Balaban J connectivity index is 1.77. The molecule has 4 rings (SSSR count). The van der Waals surface area contributed by atoms with Gasteiger partial charge in [0, 0.05) is 10.6 Å². The summed E-state index contributed by atoms with van der Waals surface area (Å²) in [6.45, 7) is 0. The highest BCUT2D eigenvalue weighted by molar-refractivity contribution is 7.71. The minimum atomic E-state index is -4.69. The summed E-state index contributed by atoms with van der Waals surface area (Å²) in [4.78, 5) is 11.6. The largest absolute Gasteiger partial charge is 0.465 e. The van der Waals surface area contributed by atoms with Crippen molar-refractivity contribution < 1.29 is 22.7 Å². The highest BCUT2D eigenvalue weighted by Gasteiger charge is 2.36. The molecule has 2 heterocycles. The Morgan fingerprint density at radius 1 is 1.18 bits per heavy atom. The van der Waals surface area contributed by atoms with E-state index in [1.54, 1.807) is 48.5 Å². The van der Waals surface area contributed by atoms with E-state index in [4.69, 9.17) is 23.8 Å². The molecule has 0 aliphatic heterocycles. The van der Waals surface area contributed by atoms with Crippen LogP contribution in [0.2, 0.25) is 5.02 Å². The van der Waals surface area contributed by atoms with E-state index >= 15 is 0 Å². The molecule has 0 aliphatic carbocycles. The van der Waals surface area contributed by atoms with Crippen LogP contribution in [-0.2, 0) is 10.9 Å². The SMILES string of the molecule is COC(=O)c1ccc(C=Nn2c(-n3nc(C(F)(F)F)cc3-c3ccc(Cl)cc3)n[nH]c2=S)cc1. The summed E-state index contributed by atoms with van der Waals surface area (Å²) in [5.74, 6) is -0.579. The normalized spacial score (nSPS) is 11.8. The van der Waals surface area contributed by atoms with Gasteiger partial charge in [0.25, 0.3) is 5.95 Å². The number of benzene rings is 2. The lowest BCUT2D eigenvalue weighted by atomic mass is 10.1. The number of nitrogens with one attached hydrogen (secondary N) is 1. The van der Waals surface area contributed by atoms with Crippen LogP contribution in [0.4, 0.5) is 13.2 Å². The summed E-state index contributed by atoms with van der Waals surface area (Å²) in [6, 6.07) is 13.5. The van der Waals surface area contributed by atoms with Crippen LogP contribution in [0.15, 0.2) is 59.7 Å². The number of alkyl halides is 3. The fourth-order valence-electron chi connectivity index (χ4n) is 2.97. The Bertz CT molecular complexity index is 1420. The van der Waals surface area contributed by atoms with Crippen LogP contribution in [0.5, 0.6) is 0 Å². The maximum atomic E-state index is 13.5. The highest BCUT2D eigenvalue weighted by atomic mass is 35.5. The van der Waals surface area contributed by atoms with Gasteiger partial charge in [-0.05, 0) is 48.1 Å². The molecule has 0 saturated heterocycles. The molecule has 174 valence electrons. The Morgan fingerprint density at radius 2 is 1.85 bits per heavy atom. The molecule has 4 aromatic rings. The maximum Gasteiger partial charge on any atom is 0.435 e. The quantitative estimate of drug-likeness (QED) is 0.230. The average Bonchev–Trinajstić information content (AvgIpc) is 3.42. The zero-order chi connectivity index (χ0) is 24.5. The number of ether oxygens (including phenoxy) is 1. The van der Waals surface area contributed by atoms with Gasteiger partial charge in [-0.3, -0.25) is 0 Å². The molecular weight excluding hydrogens is 493 g/mol. The highest BCUT2D eigenvalue weighted by Crippen LogP contribution is 2.33. The smallest absolute Gasteiger partial charge is 0.435 e. The number of carbonyl (C=O) groups excluding carboxylic acids is 1. The molecule has 1 N–H and O–H groups in total. The molecule has 0 amide bonds. The van der Waals surface area contributed by atoms with E-state index < -0.39 is 17.8 Å². The van der Waals surface area contributed by atoms with Crippen LogP contribution in [0.1, 0.15) is 21.6 Å². The monoisotopic (exact) mass is 506 g/mol. The second-order valence-corrected chi connectivity index (χ2v) is 7.65. The summed E-state index contributed by atoms with van der Waals surface area (Å²) >= 11 is 11.1. The van der Waals surface area contributed by atoms with Gasteiger partial charge in [0.2, 0.25) is 4.77 Å². The first-order chi connectivity index (χ1) is 16.2. The topological polar surface area (TPSA) is 90.1 Å². The van der Waals surface area contributed by atoms with E-state index in [0.29, 0.717) is 21.7 Å². The molecule has 2 aromatic carbocycles. The van der Waals surface area contributed by atoms with Crippen molar-refractivity contribution in [1.29, 1.82) is 0 Å². The van der Waals surface area contributed by atoms with E-state index in [9.17, 15) is 18.0 Å². The number of rotatable bonds is 5. The van der Waals surface area contributed by atoms with Gasteiger partial charge in [0.15, 0.2) is 5.69 Å². The third kappa shape index (κ3) is 4.77. The van der Waals surface area contributed by atoms with Gasteiger partial charge in [-0.25, -0.2) is 9.89 Å². The number of aromatic amines is 1. The van der Waals surface area contributed by atoms with E-state index in [1.807, 2.05) is 0 Å². The molecule has 0 aliphatic rings. The van der Waals surface area contributed by atoms with Crippen LogP contribution >= 0.6 is 23.8 Å². The first-order valence-corrected chi connectivity index (χ1v) is 10.3. The zero-order valence-corrected chi connectivity index (χ0v) is 18.8. The van der Waals surface area contributed by atoms with Crippen molar-refractivity contribution in [3.05, 3.63) is 81.2 Å². The maximum absolute atomic E-state index is 13.5. The molecular formula is C21H14ClF3N6O2S. The molecule has 0 radical (unpaired) electrons. The van der Waals surface area contributed by atoms with Gasteiger partial charge in [-0.15, -0.1) is 5.10 Å². The summed E-state index contributed by atoms with van der Waals surface area (Å²) in [6.07, 6.45) is -3.28. The van der Waals surface area contributed by atoms with Gasteiger partial charge in [0.1, 0.15) is 0 Å². The van der Waals surface area contributed by atoms with Crippen molar-refractivity contribution >= 4 is 36.0 Å². The summed E-state index contributed by atoms with van der Waals surface area (Å²) < 4.78 is 47.2. The van der Waals surface area contributed by atoms with Crippen molar-refractivity contribution in [1.82, 2.24) is 24.7 Å². The van der Waals surface area contributed by atoms with Gasteiger partial charge in [-0.1, -0.05) is 35.9 Å². The summed E-state index contributed by atoms with van der Waals surface area (Å²) in [7, 11) is 1.28. The molecule has 13 heteroatoms. The number of hydrogen-bond donors (Lipinski definition) is 1. The van der Waals surface area contributed by atoms with Crippen molar-refractivity contribution in [2.24, 2.45) is 5.10 Å². The van der Waals surface area contributed by atoms with Crippen molar-refractivity contribution in [3.8, 4) is 17.2 Å². The molecule has 0 saturated carbocycles. The Hall–Kier alpha value is -3.77. The van der Waals surface area contributed by atoms with E-state index in [-0.39, 0.29) is 16.4 Å². The molecule has 0 spiro atoms. The minimum absolute atomic E-state index is 0.0311. The third-order valence-corrected chi connectivity index (χ3v) is 5.13. The van der Waals surface area contributed by atoms with E-state index in [2.05, 4.69) is 25.1 Å². The van der Waals surface area contributed by atoms with Gasteiger partial charge < -0.3 is 4.74 Å². The fraction of sp³-hybridized carbons (Fsp3) is 0.0952. The number of methoxy groups -OCH3 is 1. The second-order valence-electron chi connectivity index (χ2n) is 6.83. The van der Waals surface area contributed by atoms with Crippen molar-refractivity contribution in [3.63, 3.8) is 0 Å². The Labute approximate surface area is 200 Å². The van der Waals surface area contributed by atoms with Gasteiger partial charge >= 0.3 is 12.1 Å². The number of carbonyl (C=O) groups is 1. The molecule has 0 unspecified atom stereocenters. The minimum Gasteiger partial charge on any atom is -0.465 e. The number of nitrogens with zero attached hydrogens (tertiary/aromatic N) is 5. The second kappa shape index (κ2) is 9.23. The molecule has 8 nitrogen and oxygen atoms in total. The standard InChI is InChI=1S/C21H14ClF3N6O2S/c1-33-18(32)14-4-2-12(3-5-14)11-26-31-19(27-28-20(31)34)30-16(10-17(29-30)21(23,24)25)13-6-8-15(22)9-7-13/h2-11H,1H3,(H,28,34). The van der Waals surface area contributed by atoms with Crippen LogP contribution in [0.25, 0.3) is 17.2 Å². The van der Waals surface area contributed by atoms with E-state index in [1.165, 1.54) is 13.3 Å². The molecule has 2 aromatic heterocycles. The lowest BCUT2D eigenvalue weighted by Crippen LogP contribution is -2.10. The molecule has 0 fully saturated rings. The van der Waals surface area contributed by atoms with Crippen molar-refractivity contribution in [2.45, 2.75) is 6.18 Å². The van der Waals surface area contributed by atoms with Gasteiger partial charge in [0.05, 0.1) is 24.6 Å². The van der Waals surface area contributed by atoms with Gasteiger partial charge in [-0.2, -0.15) is 32.7 Å². The number of aromatic nitrogens is 5. The predicted octanol–water partition coefficient (Wildman–Crippen LogP) is 5.13. The summed E-state index contributed by atoms with van der Waals surface area (Å²) in [5, 5.41) is 14.9. The van der Waals surface area contributed by atoms with Crippen LogP contribution < -0.4 is 0 Å². The zero-order valence-electron chi connectivity index (χ0n) is 17.2. The molecule has 34 heavy (non-hydrogen) atoms. The van der Waals surface area contributed by atoms with Crippen molar-refractivity contribution in [2.75, 3.05) is 7.11 Å². The van der Waals surface area contributed by atoms with E-state index in [0.717, 1.165) is 15.4 Å². The molecule has 0 bridgehead atoms. The fourth-order valence-corrected chi connectivity index (χ4v) is 3.27. The first kappa shape index (κ1) is 23.4. The number of esters is 1. The average molecular weight is 507 g/mol. The number of hydrogen-bond acceptors (Lipinski definition) is 6. The first-order valence-electron chi connectivity index (χ1n) is 9.51. The van der Waals surface area contributed by atoms with Crippen LogP contribution in [-0.4, -0.2) is 43.9 Å². The number of H-pyrrole nitrogens is 1. The lowest BCUT2D eigenvalue weighted by molar-refractivity contribution is -0.141. The summed E-state index contributed by atoms with van der Waals surface area (Å²) in [5.41, 5.74) is 0.368. The third-order valence-electron chi connectivity index (χ3n) is 4.62. The van der Waals surface area contributed by atoms with Crippen LogP contribution in [0, 0.1) is 4.77 Å². The molecule has 0 atom stereocenters.